The van der Waals surface area contributed by atoms with Crippen LogP contribution in [-0.2, 0) is 12.3 Å². The van der Waals surface area contributed by atoms with E-state index in [9.17, 15) is 14.0 Å². The number of amides is 1. The number of nitrogens with zero attached hydrogens (tertiary/aromatic N) is 4. The molecule has 0 saturated heterocycles. The van der Waals surface area contributed by atoms with E-state index in [-0.39, 0.29) is 23.3 Å². The number of thioether (sulfide) groups is 1. The van der Waals surface area contributed by atoms with Gasteiger partial charge in [0, 0.05) is 17.4 Å². The molecule has 0 spiro atoms. The minimum absolute atomic E-state index is 0.0347. The van der Waals surface area contributed by atoms with E-state index in [0.29, 0.717) is 45.3 Å². The van der Waals surface area contributed by atoms with Crippen LogP contribution < -0.4 is 10.9 Å². The smallest absolute Gasteiger partial charge is 0.263 e. The first-order valence-electron chi connectivity index (χ1n) is 12.0. The number of hydrogen-bond acceptors (Lipinski definition) is 5. The van der Waals surface area contributed by atoms with Gasteiger partial charge in [0.15, 0.2) is 5.16 Å². The molecule has 0 aliphatic rings. The molecule has 5 aromatic rings. The summed E-state index contributed by atoms with van der Waals surface area (Å²) in [6, 6.07) is 19.5. The number of fused-ring (bicyclic) bond motifs is 3. The van der Waals surface area contributed by atoms with Crippen LogP contribution in [0.1, 0.15) is 40.9 Å². The zero-order valence-corrected chi connectivity index (χ0v) is 21.6. The molecule has 2 aromatic heterocycles. The largest absolute Gasteiger partial charge is 0.350 e. The molecule has 0 aliphatic heterocycles. The van der Waals surface area contributed by atoms with Crippen LogP contribution in [0.15, 0.2) is 76.7 Å². The van der Waals surface area contributed by atoms with E-state index < -0.39 is 0 Å². The highest BCUT2D eigenvalue weighted by Crippen LogP contribution is 2.26. The van der Waals surface area contributed by atoms with Gasteiger partial charge in [-0.15, -0.1) is 10.2 Å². The van der Waals surface area contributed by atoms with Crippen molar-refractivity contribution in [2.75, 3.05) is 0 Å². The quantitative estimate of drug-likeness (QED) is 0.310. The van der Waals surface area contributed by atoms with Gasteiger partial charge >= 0.3 is 0 Å². The highest BCUT2D eigenvalue weighted by atomic mass is 32.2. The maximum atomic E-state index is 14.3. The van der Waals surface area contributed by atoms with E-state index in [1.54, 1.807) is 45.4 Å². The lowest BCUT2D eigenvalue weighted by molar-refractivity contribution is 0.0943. The Morgan fingerprint density at radius 3 is 2.54 bits per heavy atom. The molecule has 188 valence electrons. The first-order valence-corrected chi connectivity index (χ1v) is 12.9. The van der Waals surface area contributed by atoms with Crippen LogP contribution in [0.3, 0.4) is 0 Å². The summed E-state index contributed by atoms with van der Waals surface area (Å²) in [5.41, 5.74) is 3.34. The third kappa shape index (κ3) is 4.99. The third-order valence-corrected chi connectivity index (χ3v) is 7.01. The summed E-state index contributed by atoms with van der Waals surface area (Å²) in [5, 5.41) is 12.6. The van der Waals surface area contributed by atoms with Gasteiger partial charge in [-0.2, -0.15) is 0 Å². The molecule has 0 fully saturated rings. The Kier molecular flexibility index (Phi) is 6.80. The van der Waals surface area contributed by atoms with Gasteiger partial charge in [-0.05, 0) is 56.2 Å². The number of carbonyl (C=O) groups is 1. The van der Waals surface area contributed by atoms with Gasteiger partial charge in [0.25, 0.3) is 11.5 Å². The summed E-state index contributed by atoms with van der Waals surface area (Å²) in [5.74, 6) is 0.162. The van der Waals surface area contributed by atoms with Crippen molar-refractivity contribution >= 4 is 34.3 Å². The number of aromatic nitrogens is 4. The van der Waals surface area contributed by atoms with Crippen molar-refractivity contribution in [2.45, 2.75) is 44.3 Å². The molecule has 37 heavy (non-hydrogen) atoms. The molecule has 0 unspecified atom stereocenters. The van der Waals surface area contributed by atoms with Gasteiger partial charge in [-0.25, -0.2) is 4.39 Å². The van der Waals surface area contributed by atoms with Crippen molar-refractivity contribution < 1.29 is 9.18 Å². The van der Waals surface area contributed by atoms with Crippen molar-refractivity contribution in [3.63, 3.8) is 0 Å². The second-order valence-corrected chi connectivity index (χ2v) is 10.2. The lowest BCUT2D eigenvalue weighted by atomic mass is 10.1. The molecule has 7 nitrogen and oxygen atoms in total. The molecule has 0 bridgehead atoms. The summed E-state index contributed by atoms with van der Waals surface area (Å²) in [6.07, 6.45) is 0. The van der Waals surface area contributed by atoms with Crippen molar-refractivity contribution in [3.05, 3.63) is 105 Å². The van der Waals surface area contributed by atoms with Gasteiger partial charge in [0.2, 0.25) is 5.78 Å². The van der Waals surface area contributed by atoms with Crippen LogP contribution in [0, 0.1) is 12.7 Å². The number of halogens is 1. The fourth-order valence-corrected chi connectivity index (χ4v) is 5.06. The molecule has 2 heterocycles. The second-order valence-electron chi connectivity index (χ2n) is 9.24. The maximum Gasteiger partial charge on any atom is 0.263 e. The molecule has 9 heteroatoms. The van der Waals surface area contributed by atoms with Crippen LogP contribution in [-0.4, -0.2) is 31.1 Å². The number of nitrogens with one attached hydrogen (secondary N) is 1. The topological polar surface area (TPSA) is 81.3 Å². The zero-order valence-electron chi connectivity index (χ0n) is 20.7. The minimum Gasteiger partial charge on any atom is -0.350 e. The van der Waals surface area contributed by atoms with Crippen molar-refractivity contribution in [2.24, 2.45) is 0 Å². The predicted octanol–water partition coefficient (Wildman–Crippen LogP) is 4.97. The molecule has 0 atom stereocenters. The molecule has 0 radical (unpaired) electrons. The van der Waals surface area contributed by atoms with Crippen molar-refractivity contribution in [3.8, 4) is 0 Å². The predicted molar refractivity (Wildman–Crippen MR) is 144 cm³/mol. The van der Waals surface area contributed by atoms with Crippen molar-refractivity contribution in [1.29, 1.82) is 0 Å². The van der Waals surface area contributed by atoms with E-state index >= 15 is 0 Å². The highest BCUT2D eigenvalue weighted by Gasteiger charge is 2.19. The Morgan fingerprint density at radius 1 is 1.05 bits per heavy atom. The zero-order chi connectivity index (χ0) is 26.1. The Labute approximate surface area is 217 Å². The Morgan fingerprint density at radius 2 is 1.81 bits per heavy atom. The van der Waals surface area contributed by atoms with E-state index in [2.05, 4.69) is 15.5 Å². The van der Waals surface area contributed by atoms with E-state index in [0.717, 1.165) is 11.1 Å². The van der Waals surface area contributed by atoms with E-state index in [1.165, 1.54) is 17.8 Å². The first-order chi connectivity index (χ1) is 17.8. The monoisotopic (exact) mass is 515 g/mol. The lowest BCUT2D eigenvalue weighted by Gasteiger charge is -2.13. The SMILES string of the molecule is Cc1ccc(Cn2c(=O)c3ccc(C(=O)NC(C)C)cc3n3c(SCc4ccccc4F)nnc23)cc1. The maximum absolute atomic E-state index is 14.3. The standard InChI is InChI=1S/C28H26FN5O2S/c1-17(2)30-25(35)20-12-13-22-24(14-20)34-27(33(26(22)36)15-19-10-8-18(3)9-11-19)31-32-28(34)37-16-21-6-4-5-7-23(21)29/h4-14,17H,15-16H2,1-3H3,(H,30,35). The summed E-state index contributed by atoms with van der Waals surface area (Å²) < 4.78 is 17.6. The van der Waals surface area contributed by atoms with Crippen LogP contribution in [0.5, 0.6) is 0 Å². The number of rotatable bonds is 7. The van der Waals surface area contributed by atoms with Crippen LogP contribution in [0.2, 0.25) is 0 Å². The third-order valence-electron chi connectivity index (χ3n) is 6.03. The number of hydrogen-bond donors (Lipinski definition) is 1. The fraction of sp³-hybridized carbons (Fsp3) is 0.214. The number of aryl methyl sites for hydroxylation is 1. The molecule has 3 aromatic carbocycles. The molecule has 0 aliphatic carbocycles. The van der Waals surface area contributed by atoms with Gasteiger partial charge in [0.05, 0.1) is 17.4 Å². The molecule has 1 N–H and O–H groups in total. The Bertz CT molecular complexity index is 1670. The van der Waals surface area contributed by atoms with E-state index in [4.69, 9.17) is 0 Å². The molecular formula is C28H26FN5O2S. The highest BCUT2D eigenvalue weighted by molar-refractivity contribution is 7.98. The average Bonchev–Trinajstić information content (AvgIpc) is 3.30. The van der Waals surface area contributed by atoms with Crippen LogP contribution >= 0.6 is 11.8 Å². The van der Waals surface area contributed by atoms with Crippen LogP contribution in [0.4, 0.5) is 4.39 Å². The summed E-state index contributed by atoms with van der Waals surface area (Å²) >= 11 is 1.32. The summed E-state index contributed by atoms with van der Waals surface area (Å²) in [7, 11) is 0. The molecular weight excluding hydrogens is 489 g/mol. The first kappa shape index (κ1) is 24.7. The number of carbonyl (C=O) groups excluding carboxylic acids is 1. The summed E-state index contributed by atoms with van der Waals surface area (Å²) in [6.45, 7) is 6.09. The molecule has 1 amide bonds. The second kappa shape index (κ2) is 10.2. The molecule has 0 saturated carbocycles. The normalized spacial score (nSPS) is 11.5. The van der Waals surface area contributed by atoms with Gasteiger partial charge < -0.3 is 5.32 Å². The number of benzene rings is 3. The molecule has 5 rings (SSSR count). The summed E-state index contributed by atoms with van der Waals surface area (Å²) in [4.78, 5) is 26.4. The van der Waals surface area contributed by atoms with Gasteiger partial charge in [-0.1, -0.05) is 59.8 Å². The van der Waals surface area contributed by atoms with Gasteiger partial charge in [0.1, 0.15) is 5.82 Å². The lowest BCUT2D eigenvalue weighted by Crippen LogP contribution is -2.30. The minimum atomic E-state index is -0.294. The average molecular weight is 516 g/mol. The fourth-order valence-electron chi connectivity index (χ4n) is 4.14. The van der Waals surface area contributed by atoms with Crippen LogP contribution in [0.25, 0.3) is 16.7 Å². The van der Waals surface area contributed by atoms with Gasteiger partial charge in [-0.3, -0.25) is 18.6 Å². The van der Waals surface area contributed by atoms with E-state index in [1.807, 2.05) is 45.0 Å². The Hall–Kier alpha value is -3.98. The van der Waals surface area contributed by atoms with Crippen molar-refractivity contribution in [1.82, 2.24) is 24.5 Å². The Balaban J connectivity index is 1.67.